The number of ether oxygens (including phenoxy) is 3. The molecule has 2 N–H and O–H groups in total. The highest BCUT2D eigenvalue weighted by Gasteiger charge is 2.63. The molecule has 0 spiro atoms. The second kappa shape index (κ2) is 12.4. The summed E-state index contributed by atoms with van der Waals surface area (Å²) in [6.45, 7) is 13.9. The van der Waals surface area contributed by atoms with E-state index in [4.69, 9.17) is 24.0 Å². The highest BCUT2D eigenvalue weighted by Crippen LogP contribution is 2.69. The summed E-state index contributed by atoms with van der Waals surface area (Å²) >= 11 is 0. The minimum atomic E-state index is -4.64. The largest absolute Gasteiger partial charge is 0.472 e. The Kier molecular flexibility index (Phi) is 9.99. The van der Waals surface area contributed by atoms with Crippen LogP contribution in [0.15, 0.2) is 0 Å². The quantitative estimate of drug-likeness (QED) is 0.164. The number of fused-ring (bicyclic) bond motifs is 5. The van der Waals surface area contributed by atoms with Crippen LogP contribution in [0.3, 0.4) is 0 Å². The zero-order valence-electron chi connectivity index (χ0n) is 25.0. The molecule has 8 nitrogen and oxygen atoms in total. The predicted molar refractivity (Wildman–Crippen MR) is 149 cm³/mol. The molecule has 0 amide bonds. The maximum Gasteiger partial charge on any atom is 0.472 e. The first-order chi connectivity index (χ1) is 18.3. The summed E-state index contributed by atoms with van der Waals surface area (Å²) in [4.78, 5) is 29.7. The molecule has 0 saturated heterocycles. The Morgan fingerprint density at radius 2 is 1.69 bits per heavy atom. The molecule has 0 aliphatic heterocycles. The van der Waals surface area contributed by atoms with Gasteiger partial charge in [0, 0.05) is 13.0 Å². The van der Waals surface area contributed by atoms with Gasteiger partial charge in [0.05, 0.1) is 18.3 Å². The van der Waals surface area contributed by atoms with Gasteiger partial charge in [-0.15, -0.1) is 0 Å². The highest BCUT2D eigenvalue weighted by atomic mass is 31.2. The van der Waals surface area contributed by atoms with Gasteiger partial charge in [0.25, 0.3) is 0 Å². The molecule has 0 aromatic rings. The van der Waals surface area contributed by atoms with Gasteiger partial charge >= 0.3 is 13.8 Å². The Morgan fingerprint density at radius 1 is 1.00 bits per heavy atom. The van der Waals surface area contributed by atoms with Crippen LogP contribution in [0, 0.1) is 46.3 Å². The van der Waals surface area contributed by atoms with Gasteiger partial charge in [-0.2, -0.15) is 0 Å². The Balaban J connectivity index is 1.45. The van der Waals surface area contributed by atoms with Crippen molar-refractivity contribution >= 4 is 13.8 Å². The van der Waals surface area contributed by atoms with Crippen molar-refractivity contribution in [3.8, 4) is 0 Å². The number of carbonyl (C=O) groups excluding carboxylic acids is 1. The van der Waals surface area contributed by atoms with E-state index in [0.29, 0.717) is 59.6 Å². The maximum atomic E-state index is 12.2. The summed E-state index contributed by atoms with van der Waals surface area (Å²) in [6.07, 6.45) is 11.5. The van der Waals surface area contributed by atoms with E-state index < -0.39 is 20.6 Å². The monoisotopic (exact) mass is 572 g/mol. The number of rotatable bonds is 11. The average molecular weight is 573 g/mol. The zero-order chi connectivity index (χ0) is 28.6. The molecule has 39 heavy (non-hydrogen) atoms. The SMILES string of the molecule is CCOC1CCC2(C)C(C1)CC(OC(C)C)C1C2CCC2(C)C(C(C)CCC(=O)OCOP(=O)(O)O)CCC12. The third-order valence-corrected chi connectivity index (χ3v) is 11.9. The van der Waals surface area contributed by atoms with Gasteiger partial charge < -0.3 is 24.0 Å². The number of esters is 1. The van der Waals surface area contributed by atoms with Crippen molar-refractivity contribution in [1.29, 1.82) is 0 Å². The summed E-state index contributed by atoms with van der Waals surface area (Å²) in [5.74, 6) is 3.01. The number of hydrogen-bond donors (Lipinski definition) is 2. The maximum absolute atomic E-state index is 12.2. The van der Waals surface area contributed by atoms with E-state index in [2.05, 4.69) is 46.1 Å². The van der Waals surface area contributed by atoms with Crippen molar-refractivity contribution < 1.29 is 37.9 Å². The van der Waals surface area contributed by atoms with Gasteiger partial charge in [0.15, 0.2) is 0 Å². The Hall–Kier alpha value is -0.500. The van der Waals surface area contributed by atoms with Crippen LogP contribution in [-0.2, 0) is 28.1 Å². The summed E-state index contributed by atoms with van der Waals surface area (Å²) in [7, 11) is -4.64. The molecule has 9 heteroatoms. The van der Waals surface area contributed by atoms with E-state index in [0.717, 1.165) is 13.0 Å². The second-order valence-electron chi connectivity index (χ2n) is 13.8. The normalized spacial score (nSPS) is 41.0. The second-order valence-corrected chi connectivity index (χ2v) is 15.0. The van der Waals surface area contributed by atoms with E-state index in [1.807, 2.05) is 0 Å². The molecule has 0 bridgehead atoms. The Morgan fingerprint density at radius 3 is 2.36 bits per heavy atom. The van der Waals surface area contributed by atoms with Gasteiger partial charge in [-0.05, 0) is 125 Å². The van der Waals surface area contributed by atoms with Crippen molar-refractivity contribution in [2.24, 2.45) is 46.3 Å². The van der Waals surface area contributed by atoms with E-state index in [-0.39, 0.29) is 17.9 Å². The molecular weight excluding hydrogens is 519 g/mol. The molecule has 4 fully saturated rings. The highest BCUT2D eigenvalue weighted by molar-refractivity contribution is 7.46. The zero-order valence-corrected chi connectivity index (χ0v) is 25.9. The molecule has 4 rings (SSSR count). The molecule has 4 aliphatic rings. The lowest BCUT2D eigenvalue weighted by Gasteiger charge is -2.63. The lowest BCUT2D eigenvalue weighted by molar-refractivity contribution is -0.199. The summed E-state index contributed by atoms with van der Waals surface area (Å²) in [6, 6.07) is 0. The minimum Gasteiger partial charge on any atom is -0.438 e. The van der Waals surface area contributed by atoms with E-state index in [9.17, 15) is 9.36 Å². The van der Waals surface area contributed by atoms with Crippen molar-refractivity contribution in [3.63, 3.8) is 0 Å². The van der Waals surface area contributed by atoms with Gasteiger partial charge in [-0.25, -0.2) is 9.09 Å². The van der Waals surface area contributed by atoms with E-state index in [1.165, 1.54) is 44.9 Å². The molecule has 0 aromatic carbocycles. The molecule has 0 radical (unpaired) electrons. The van der Waals surface area contributed by atoms with Gasteiger partial charge in [0.2, 0.25) is 6.79 Å². The average Bonchev–Trinajstić information content (AvgIpc) is 3.19. The van der Waals surface area contributed by atoms with Crippen LogP contribution in [0.4, 0.5) is 0 Å². The molecule has 10 unspecified atom stereocenters. The standard InChI is InChI=1S/C30H53O8P/c1-7-35-22-12-14-29(5)21(16-22)17-26(38-19(2)3)28-24-10-9-23(30(24,6)15-13-25(28)29)20(4)8-11-27(31)36-18-37-39(32,33)34/h19-26,28H,7-18H2,1-6H3,(H2,32,33,34). The van der Waals surface area contributed by atoms with Crippen LogP contribution < -0.4 is 0 Å². The van der Waals surface area contributed by atoms with Crippen molar-refractivity contribution in [3.05, 3.63) is 0 Å². The minimum absolute atomic E-state index is 0.219. The Bertz CT molecular complexity index is 890. The fraction of sp³-hybridized carbons (Fsp3) is 0.967. The van der Waals surface area contributed by atoms with Crippen LogP contribution in [0.2, 0.25) is 0 Å². The van der Waals surface area contributed by atoms with Gasteiger partial charge in [0.1, 0.15) is 0 Å². The predicted octanol–water partition coefficient (Wildman–Crippen LogP) is 6.48. The van der Waals surface area contributed by atoms with Gasteiger partial charge in [-0.3, -0.25) is 4.79 Å². The fourth-order valence-electron chi connectivity index (χ4n) is 9.79. The van der Waals surface area contributed by atoms with Crippen LogP contribution >= 0.6 is 7.82 Å². The van der Waals surface area contributed by atoms with E-state index in [1.54, 1.807) is 0 Å². The van der Waals surface area contributed by atoms with E-state index >= 15 is 0 Å². The fourth-order valence-corrected chi connectivity index (χ4v) is 9.98. The number of phosphoric ester groups is 1. The first kappa shape index (κ1) is 31.4. The van der Waals surface area contributed by atoms with Gasteiger partial charge in [-0.1, -0.05) is 20.8 Å². The van der Waals surface area contributed by atoms with Crippen LogP contribution in [0.5, 0.6) is 0 Å². The Labute approximate surface area is 235 Å². The molecule has 4 saturated carbocycles. The summed E-state index contributed by atoms with van der Waals surface area (Å²) in [5.41, 5.74) is 0.595. The molecule has 4 aliphatic carbocycles. The van der Waals surface area contributed by atoms with Crippen molar-refractivity contribution in [2.75, 3.05) is 13.4 Å². The number of carbonyl (C=O) groups is 1. The van der Waals surface area contributed by atoms with Crippen LogP contribution in [0.1, 0.15) is 106 Å². The first-order valence-corrected chi connectivity index (χ1v) is 16.9. The van der Waals surface area contributed by atoms with Crippen LogP contribution in [-0.4, -0.2) is 47.5 Å². The third-order valence-electron chi connectivity index (χ3n) is 11.5. The number of hydrogen-bond acceptors (Lipinski definition) is 6. The third kappa shape index (κ3) is 6.78. The molecule has 0 heterocycles. The molecule has 226 valence electrons. The van der Waals surface area contributed by atoms with Crippen molar-refractivity contribution in [2.45, 2.75) is 124 Å². The molecule has 10 atom stereocenters. The smallest absolute Gasteiger partial charge is 0.438 e. The summed E-state index contributed by atoms with van der Waals surface area (Å²) in [5, 5.41) is 0. The molecule has 0 aromatic heterocycles. The van der Waals surface area contributed by atoms with Crippen molar-refractivity contribution in [1.82, 2.24) is 0 Å². The van der Waals surface area contributed by atoms with Crippen LogP contribution in [0.25, 0.3) is 0 Å². The lowest BCUT2D eigenvalue weighted by atomic mass is 9.43. The summed E-state index contributed by atoms with van der Waals surface area (Å²) < 4.78 is 32.8. The number of phosphoric acid groups is 1. The first-order valence-electron chi connectivity index (χ1n) is 15.4. The molecular formula is C30H53O8P. The lowest BCUT2D eigenvalue weighted by Crippen LogP contribution is -2.59. The topological polar surface area (TPSA) is 112 Å².